The Morgan fingerprint density at radius 2 is 2.00 bits per heavy atom. The summed E-state index contributed by atoms with van der Waals surface area (Å²) in [6.45, 7) is 3.42. The molecule has 0 saturated carbocycles. The lowest BCUT2D eigenvalue weighted by Gasteiger charge is -2.20. The van der Waals surface area contributed by atoms with Gasteiger partial charge in [-0.2, -0.15) is 0 Å². The lowest BCUT2D eigenvalue weighted by atomic mass is 9.87. The summed E-state index contributed by atoms with van der Waals surface area (Å²) in [4.78, 5) is 25.1. The molecule has 5 nitrogen and oxygen atoms in total. The van der Waals surface area contributed by atoms with E-state index in [1.54, 1.807) is 24.3 Å². The highest BCUT2D eigenvalue weighted by molar-refractivity contribution is 14.1. The number of halogens is 2. The van der Waals surface area contributed by atoms with Gasteiger partial charge in [-0.25, -0.2) is 4.39 Å². The number of nitrogens with one attached hydrogen (secondary N) is 1. The van der Waals surface area contributed by atoms with E-state index in [2.05, 4.69) is 5.32 Å². The lowest BCUT2D eigenvalue weighted by Crippen LogP contribution is -2.32. The Kier molecular flexibility index (Phi) is 6.16. The van der Waals surface area contributed by atoms with Crippen molar-refractivity contribution >= 4 is 34.3 Å². The third-order valence-corrected chi connectivity index (χ3v) is 5.42. The summed E-state index contributed by atoms with van der Waals surface area (Å²) in [6, 6.07) is 8.30. The van der Waals surface area contributed by atoms with Crippen LogP contribution in [0.15, 0.2) is 30.3 Å². The first kappa shape index (κ1) is 20.9. The minimum absolute atomic E-state index is 0.0588. The number of ether oxygens (including phenoxy) is 1. The molecule has 0 aromatic heterocycles. The van der Waals surface area contributed by atoms with Gasteiger partial charge >= 0.3 is 0 Å². The van der Waals surface area contributed by atoms with Gasteiger partial charge < -0.3 is 15.2 Å². The molecule has 3 rings (SSSR count). The highest BCUT2D eigenvalue weighted by Gasteiger charge is 2.36. The molecule has 1 amide bonds. The molecule has 148 valence electrons. The van der Waals surface area contributed by atoms with Gasteiger partial charge in [-0.1, -0.05) is 6.07 Å². The third kappa shape index (κ3) is 4.26. The number of hydrogen-bond acceptors (Lipinski definition) is 4. The molecule has 0 atom stereocenters. The minimum Gasteiger partial charge on any atom is -0.394 e. The topological polar surface area (TPSA) is 75.6 Å². The normalized spacial score (nSPS) is 14.7. The second-order valence-corrected chi connectivity index (χ2v) is 8.49. The van der Waals surface area contributed by atoms with Crippen LogP contribution in [0.4, 0.5) is 4.39 Å². The van der Waals surface area contributed by atoms with Crippen molar-refractivity contribution in [3.63, 3.8) is 0 Å². The Morgan fingerprint density at radius 3 is 2.68 bits per heavy atom. The molecule has 2 N–H and O–H groups in total. The predicted octanol–water partition coefficient (Wildman–Crippen LogP) is 3.19. The molecule has 0 aliphatic carbocycles. The van der Waals surface area contributed by atoms with Crippen molar-refractivity contribution < 1.29 is 23.8 Å². The second-order valence-electron chi connectivity index (χ2n) is 7.25. The average molecular weight is 497 g/mol. The molecule has 2 aromatic rings. The van der Waals surface area contributed by atoms with Crippen molar-refractivity contribution in [3.8, 4) is 0 Å². The number of amides is 1. The molecule has 1 aliphatic rings. The van der Waals surface area contributed by atoms with Crippen molar-refractivity contribution in [1.29, 1.82) is 0 Å². The van der Waals surface area contributed by atoms with E-state index in [9.17, 15) is 14.0 Å². The molecule has 2 aromatic carbocycles. The summed E-state index contributed by atoms with van der Waals surface area (Å²) in [7, 11) is 0. The molecule has 0 unspecified atom stereocenters. The van der Waals surface area contributed by atoms with Gasteiger partial charge in [-0.05, 0) is 77.4 Å². The van der Waals surface area contributed by atoms with Crippen LogP contribution >= 0.6 is 22.6 Å². The zero-order chi connectivity index (χ0) is 20.5. The van der Waals surface area contributed by atoms with Crippen LogP contribution in [-0.2, 0) is 16.7 Å². The van der Waals surface area contributed by atoms with Crippen molar-refractivity contribution in [2.75, 3.05) is 19.8 Å². The van der Waals surface area contributed by atoms with Crippen molar-refractivity contribution in [2.45, 2.75) is 25.8 Å². The summed E-state index contributed by atoms with van der Waals surface area (Å²) >= 11 is 2.04. The van der Waals surface area contributed by atoms with Gasteiger partial charge in [0.05, 0.1) is 18.8 Å². The molecule has 0 spiro atoms. The molecule has 0 radical (unpaired) electrons. The van der Waals surface area contributed by atoms with E-state index in [0.717, 1.165) is 9.13 Å². The van der Waals surface area contributed by atoms with Crippen LogP contribution in [0.2, 0.25) is 0 Å². The van der Waals surface area contributed by atoms with Crippen LogP contribution < -0.4 is 5.32 Å². The smallest absolute Gasteiger partial charge is 0.252 e. The number of aliphatic hydroxyl groups is 1. The lowest BCUT2D eigenvalue weighted by molar-refractivity contribution is 0.0663. The van der Waals surface area contributed by atoms with E-state index in [0.29, 0.717) is 22.3 Å². The fourth-order valence-corrected chi connectivity index (χ4v) is 3.80. The van der Waals surface area contributed by atoms with Gasteiger partial charge in [0.1, 0.15) is 12.4 Å². The van der Waals surface area contributed by atoms with Gasteiger partial charge in [0.25, 0.3) is 5.91 Å². The largest absolute Gasteiger partial charge is 0.394 e. The fourth-order valence-electron chi connectivity index (χ4n) is 3.35. The fraction of sp³-hybridized carbons (Fsp3) is 0.333. The van der Waals surface area contributed by atoms with Crippen LogP contribution in [0.5, 0.6) is 0 Å². The molecule has 7 heteroatoms. The maximum absolute atomic E-state index is 14.4. The van der Waals surface area contributed by atoms with E-state index in [1.807, 2.05) is 36.4 Å². The standard InChI is InChI=1S/C21H21FINO4/c1-21(2)17-10-15(19(26)11-28-6-5-25)13(8-16(17)20(27)24-21)7-12-3-4-14(23)9-18(12)22/h3-4,8-10,25H,5-7,11H2,1-2H3,(H,24,27). The molecule has 28 heavy (non-hydrogen) atoms. The molecule has 0 fully saturated rings. The molecule has 1 heterocycles. The van der Waals surface area contributed by atoms with Crippen LogP contribution in [0.3, 0.4) is 0 Å². The van der Waals surface area contributed by atoms with E-state index in [-0.39, 0.29) is 43.7 Å². The SMILES string of the molecule is CC1(C)NC(=O)c2cc(Cc3ccc(I)cc3F)c(C(=O)COCCO)cc21. The summed E-state index contributed by atoms with van der Waals surface area (Å²) in [6.07, 6.45) is 0.185. The van der Waals surface area contributed by atoms with Crippen molar-refractivity contribution in [3.05, 3.63) is 67.5 Å². The maximum atomic E-state index is 14.4. The minimum atomic E-state index is -0.597. The van der Waals surface area contributed by atoms with Gasteiger partial charge in [-0.15, -0.1) is 0 Å². The molecule has 0 saturated heterocycles. The van der Waals surface area contributed by atoms with E-state index < -0.39 is 5.54 Å². The second kappa shape index (κ2) is 8.26. The van der Waals surface area contributed by atoms with E-state index in [4.69, 9.17) is 9.84 Å². The Balaban J connectivity index is 2.05. The van der Waals surface area contributed by atoms with Crippen LogP contribution in [-0.4, -0.2) is 36.6 Å². The van der Waals surface area contributed by atoms with Gasteiger partial charge in [0.2, 0.25) is 0 Å². The Bertz CT molecular complexity index is 942. The Morgan fingerprint density at radius 1 is 1.25 bits per heavy atom. The zero-order valence-electron chi connectivity index (χ0n) is 15.6. The van der Waals surface area contributed by atoms with E-state index >= 15 is 0 Å². The van der Waals surface area contributed by atoms with Gasteiger partial charge in [0, 0.05) is 21.1 Å². The van der Waals surface area contributed by atoms with Crippen LogP contribution in [0, 0.1) is 9.39 Å². The number of Topliss-reactive ketones (excluding diaryl/α,β-unsaturated/α-hetero) is 1. The Labute approximate surface area is 176 Å². The number of hydrogen-bond donors (Lipinski definition) is 2. The summed E-state index contributed by atoms with van der Waals surface area (Å²) in [5.74, 6) is -0.834. The monoisotopic (exact) mass is 497 g/mol. The molecular weight excluding hydrogens is 476 g/mol. The van der Waals surface area contributed by atoms with Crippen LogP contribution in [0.1, 0.15) is 51.3 Å². The highest BCUT2D eigenvalue weighted by atomic mass is 127. The first-order valence-electron chi connectivity index (χ1n) is 8.88. The maximum Gasteiger partial charge on any atom is 0.252 e. The Hall–Kier alpha value is -1.84. The number of aliphatic hydroxyl groups excluding tert-OH is 1. The molecule has 1 aliphatic heterocycles. The number of fused-ring (bicyclic) bond motifs is 1. The van der Waals surface area contributed by atoms with Crippen molar-refractivity contribution in [1.82, 2.24) is 5.32 Å². The number of carbonyl (C=O) groups excluding carboxylic acids is 2. The summed E-state index contributed by atoms with van der Waals surface area (Å²) in [5, 5.41) is 11.7. The van der Waals surface area contributed by atoms with Crippen LogP contribution in [0.25, 0.3) is 0 Å². The van der Waals surface area contributed by atoms with E-state index in [1.165, 1.54) is 6.07 Å². The quantitative estimate of drug-likeness (QED) is 0.350. The summed E-state index contributed by atoms with van der Waals surface area (Å²) < 4.78 is 20.3. The third-order valence-electron chi connectivity index (χ3n) is 4.75. The average Bonchev–Trinajstić information content (AvgIpc) is 2.85. The number of benzene rings is 2. The number of carbonyl (C=O) groups is 2. The van der Waals surface area contributed by atoms with Crippen molar-refractivity contribution in [2.24, 2.45) is 0 Å². The predicted molar refractivity (Wildman–Crippen MR) is 111 cm³/mol. The zero-order valence-corrected chi connectivity index (χ0v) is 17.8. The number of ketones is 1. The molecule has 0 bridgehead atoms. The first-order chi connectivity index (χ1) is 13.2. The van der Waals surface area contributed by atoms with Gasteiger partial charge in [-0.3, -0.25) is 9.59 Å². The summed E-state index contributed by atoms with van der Waals surface area (Å²) in [5.41, 5.74) is 2.06. The highest BCUT2D eigenvalue weighted by Crippen LogP contribution is 2.34. The number of rotatable bonds is 7. The van der Waals surface area contributed by atoms with Gasteiger partial charge in [0.15, 0.2) is 5.78 Å². The molecular formula is C21H21FINO4. The first-order valence-corrected chi connectivity index (χ1v) is 9.96.